The molecule has 0 aromatic carbocycles. The fraction of sp³-hybridized carbons (Fsp3) is 0.529. The number of nitrogens with one attached hydrogen (secondary N) is 1. The third-order valence-electron chi connectivity index (χ3n) is 4.47. The molecule has 1 aliphatic heterocycles. The lowest BCUT2D eigenvalue weighted by molar-refractivity contribution is 0.0691. The van der Waals surface area contributed by atoms with Crippen LogP contribution in [0.1, 0.15) is 41.5 Å². The van der Waals surface area contributed by atoms with Gasteiger partial charge in [0.05, 0.1) is 5.56 Å². The largest absolute Gasteiger partial charge is 0.334 e. The van der Waals surface area contributed by atoms with Crippen LogP contribution in [0, 0.1) is 13.8 Å². The molecule has 3 heterocycles. The lowest BCUT2D eigenvalue weighted by atomic mass is 10.1. The Balaban J connectivity index is 0.00000156. The number of halogens is 2. The summed E-state index contributed by atoms with van der Waals surface area (Å²) in [5.74, 6) is 0.149. The zero-order valence-electron chi connectivity index (χ0n) is 14.8. The molecule has 0 saturated carbocycles. The van der Waals surface area contributed by atoms with Gasteiger partial charge in [-0.3, -0.25) is 9.36 Å². The van der Waals surface area contributed by atoms with Gasteiger partial charge in [-0.25, -0.2) is 4.98 Å². The van der Waals surface area contributed by atoms with Crippen molar-refractivity contribution in [3.8, 4) is 5.13 Å². The average Bonchev–Trinajstić information content (AvgIpc) is 3.26. The minimum atomic E-state index is 0. The Morgan fingerprint density at radius 2 is 2.20 bits per heavy atom. The Morgan fingerprint density at radius 3 is 2.76 bits per heavy atom. The van der Waals surface area contributed by atoms with Gasteiger partial charge >= 0.3 is 0 Å². The number of carbonyl (C=O) groups excluding carboxylic acids is 1. The van der Waals surface area contributed by atoms with Crippen LogP contribution in [0.25, 0.3) is 5.13 Å². The summed E-state index contributed by atoms with van der Waals surface area (Å²) in [4.78, 5) is 19.6. The highest BCUT2D eigenvalue weighted by Crippen LogP contribution is 2.24. The molecule has 1 N–H and O–H groups in total. The van der Waals surface area contributed by atoms with Gasteiger partial charge in [0.15, 0.2) is 5.13 Å². The number of rotatable bonds is 5. The van der Waals surface area contributed by atoms with Gasteiger partial charge in [0, 0.05) is 42.1 Å². The minimum absolute atomic E-state index is 0. The Labute approximate surface area is 165 Å². The maximum Gasteiger partial charge on any atom is 0.255 e. The van der Waals surface area contributed by atoms with Crippen molar-refractivity contribution in [2.75, 3.05) is 19.6 Å². The van der Waals surface area contributed by atoms with Gasteiger partial charge in [-0.1, -0.05) is 6.92 Å². The Hall–Kier alpha value is -1.08. The molecular formula is C17H26Cl2N4OS. The fourth-order valence-corrected chi connectivity index (χ4v) is 4.10. The van der Waals surface area contributed by atoms with Crippen molar-refractivity contribution in [2.24, 2.45) is 0 Å². The first-order valence-corrected chi connectivity index (χ1v) is 9.12. The van der Waals surface area contributed by atoms with Crippen molar-refractivity contribution in [3.63, 3.8) is 0 Å². The monoisotopic (exact) mass is 404 g/mol. The van der Waals surface area contributed by atoms with E-state index in [1.807, 2.05) is 30.2 Å². The topological polar surface area (TPSA) is 50.2 Å². The quantitative estimate of drug-likeness (QED) is 0.827. The van der Waals surface area contributed by atoms with Gasteiger partial charge in [0.1, 0.15) is 0 Å². The highest BCUT2D eigenvalue weighted by atomic mass is 35.5. The van der Waals surface area contributed by atoms with Crippen molar-refractivity contribution in [2.45, 2.75) is 39.7 Å². The lowest BCUT2D eigenvalue weighted by Crippen LogP contribution is -2.42. The first-order valence-electron chi connectivity index (χ1n) is 8.24. The summed E-state index contributed by atoms with van der Waals surface area (Å²) in [6.07, 6.45) is 3.82. The number of aryl methyl sites for hydroxylation is 1. The summed E-state index contributed by atoms with van der Waals surface area (Å²) in [5, 5.41) is 6.25. The summed E-state index contributed by atoms with van der Waals surface area (Å²) in [6, 6.07) is 2.31. The van der Waals surface area contributed by atoms with E-state index in [4.69, 9.17) is 0 Å². The fourth-order valence-electron chi connectivity index (χ4n) is 3.35. The molecule has 0 spiro atoms. The van der Waals surface area contributed by atoms with Gasteiger partial charge in [0.2, 0.25) is 0 Å². The average molecular weight is 405 g/mol. The van der Waals surface area contributed by atoms with Crippen LogP contribution >= 0.6 is 36.2 Å². The van der Waals surface area contributed by atoms with Gasteiger partial charge < -0.3 is 10.2 Å². The van der Waals surface area contributed by atoms with Crippen LogP contribution in [0.4, 0.5) is 0 Å². The molecule has 2 aromatic rings. The number of amides is 1. The summed E-state index contributed by atoms with van der Waals surface area (Å²) in [7, 11) is 0. The van der Waals surface area contributed by atoms with E-state index in [0.717, 1.165) is 54.6 Å². The SMILES string of the molecule is CCCN(C(=O)c1cc(C)n(-c2nccs2)c1C)C1CCNC1.Cl.Cl. The van der Waals surface area contributed by atoms with E-state index in [-0.39, 0.29) is 30.7 Å². The molecule has 25 heavy (non-hydrogen) atoms. The maximum absolute atomic E-state index is 13.1. The van der Waals surface area contributed by atoms with E-state index in [0.29, 0.717) is 6.04 Å². The second-order valence-corrected chi connectivity index (χ2v) is 6.95. The molecule has 0 radical (unpaired) electrons. The van der Waals surface area contributed by atoms with E-state index >= 15 is 0 Å². The molecular weight excluding hydrogens is 379 g/mol. The molecule has 0 bridgehead atoms. The summed E-state index contributed by atoms with van der Waals surface area (Å²) in [6.45, 7) is 8.88. The van der Waals surface area contributed by atoms with Crippen LogP contribution in [0.3, 0.4) is 0 Å². The van der Waals surface area contributed by atoms with E-state index in [2.05, 4.69) is 21.8 Å². The van der Waals surface area contributed by atoms with Crippen molar-refractivity contribution in [3.05, 3.63) is 34.6 Å². The molecule has 1 atom stereocenters. The first kappa shape index (κ1) is 22.0. The zero-order chi connectivity index (χ0) is 16.4. The Kier molecular flexibility index (Phi) is 8.41. The Bertz CT molecular complexity index is 681. The zero-order valence-corrected chi connectivity index (χ0v) is 17.3. The molecule has 2 aromatic heterocycles. The maximum atomic E-state index is 13.1. The number of nitrogens with zero attached hydrogens (tertiary/aromatic N) is 3. The second-order valence-electron chi connectivity index (χ2n) is 6.08. The van der Waals surface area contributed by atoms with Gasteiger partial charge in [-0.15, -0.1) is 36.2 Å². The number of hydrogen-bond acceptors (Lipinski definition) is 4. The molecule has 1 fully saturated rings. The summed E-state index contributed by atoms with van der Waals surface area (Å²) >= 11 is 1.59. The molecule has 0 aliphatic carbocycles. The van der Waals surface area contributed by atoms with Crippen molar-refractivity contribution in [1.82, 2.24) is 19.8 Å². The molecule has 1 amide bonds. The number of hydrogen-bond donors (Lipinski definition) is 1. The highest BCUT2D eigenvalue weighted by molar-refractivity contribution is 7.12. The molecule has 8 heteroatoms. The predicted molar refractivity (Wildman–Crippen MR) is 108 cm³/mol. The predicted octanol–water partition coefficient (Wildman–Crippen LogP) is 3.61. The third-order valence-corrected chi connectivity index (χ3v) is 5.23. The summed E-state index contributed by atoms with van der Waals surface area (Å²) < 4.78 is 2.08. The van der Waals surface area contributed by atoms with Crippen LogP contribution in [-0.4, -0.2) is 46.0 Å². The molecule has 1 unspecified atom stereocenters. The highest BCUT2D eigenvalue weighted by Gasteiger charge is 2.29. The van der Waals surface area contributed by atoms with E-state index in [1.54, 1.807) is 17.5 Å². The van der Waals surface area contributed by atoms with Crippen LogP contribution in [0.15, 0.2) is 17.6 Å². The van der Waals surface area contributed by atoms with Crippen LogP contribution in [-0.2, 0) is 0 Å². The normalized spacial score (nSPS) is 16.2. The van der Waals surface area contributed by atoms with Crippen molar-refractivity contribution in [1.29, 1.82) is 0 Å². The van der Waals surface area contributed by atoms with Gasteiger partial charge in [-0.05, 0) is 39.3 Å². The van der Waals surface area contributed by atoms with Crippen molar-refractivity contribution >= 4 is 42.1 Å². The van der Waals surface area contributed by atoms with Gasteiger partial charge in [-0.2, -0.15) is 0 Å². The van der Waals surface area contributed by atoms with Crippen molar-refractivity contribution < 1.29 is 4.79 Å². The molecule has 1 saturated heterocycles. The lowest BCUT2D eigenvalue weighted by Gasteiger charge is -2.28. The molecule has 5 nitrogen and oxygen atoms in total. The summed E-state index contributed by atoms with van der Waals surface area (Å²) in [5.41, 5.74) is 2.84. The van der Waals surface area contributed by atoms with Crippen LogP contribution in [0.2, 0.25) is 0 Å². The van der Waals surface area contributed by atoms with E-state index in [9.17, 15) is 4.79 Å². The van der Waals surface area contributed by atoms with Gasteiger partial charge in [0.25, 0.3) is 5.91 Å². The first-order chi connectivity index (χ1) is 11.1. The van der Waals surface area contributed by atoms with Crippen LogP contribution in [0.5, 0.6) is 0 Å². The number of carbonyl (C=O) groups is 1. The second kappa shape index (κ2) is 9.57. The standard InChI is InChI=1S/C17H24N4OS.2ClH/c1-4-8-20(14-5-6-18-11-14)16(22)15-10-12(2)21(13(15)3)17-19-7-9-23-17;;/h7,9-10,14,18H,4-6,8,11H2,1-3H3;2*1H. The minimum Gasteiger partial charge on any atom is -0.334 e. The number of thiazole rings is 1. The third kappa shape index (κ3) is 4.37. The Morgan fingerprint density at radius 1 is 1.44 bits per heavy atom. The number of aromatic nitrogens is 2. The molecule has 3 rings (SSSR count). The van der Waals surface area contributed by atoms with E-state index < -0.39 is 0 Å². The molecule has 140 valence electrons. The van der Waals surface area contributed by atoms with E-state index in [1.165, 1.54) is 0 Å². The van der Waals surface area contributed by atoms with Crippen LogP contribution < -0.4 is 5.32 Å². The smallest absolute Gasteiger partial charge is 0.255 e. The molecule has 1 aliphatic rings.